The topological polar surface area (TPSA) is 82.8 Å². The largest absolute Gasteiger partial charge is 0.465 e. The van der Waals surface area contributed by atoms with Gasteiger partial charge in [0.2, 0.25) is 0 Å². The molecule has 9 heteroatoms. The van der Waals surface area contributed by atoms with Crippen LogP contribution in [0.1, 0.15) is 33.1 Å². The Hall–Kier alpha value is -2.65. The summed E-state index contributed by atoms with van der Waals surface area (Å²) in [4.78, 5) is 20.5. The van der Waals surface area contributed by atoms with Gasteiger partial charge >= 0.3 is 5.97 Å². The molecule has 7 nitrogen and oxygen atoms in total. The molecule has 3 aromatic rings. The lowest BCUT2D eigenvalue weighted by atomic mass is 10.1. The first-order valence-electron chi connectivity index (χ1n) is 9.28. The third kappa shape index (κ3) is 5.70. The van der Waals surface area contributed by atoms with Crippen LogP contribution in [-0.4, -0.2) is 37.8 Å². The highest BCUT2D eigenvalue weighted by molar-refractivity contribution is 7.98. The number of allylic oxidation sites excluding steroid dienone is 1. The summed E-state index contributed by atoms with van der Waals surface area (Å²) in [6, 6.07) is 9.32. The molecule has 30 heavy (non-hydrogen) atoms. The number of hydrogen-bond donors (Lipinski definition) is 0. The highest BCUT2D eigenvalue weighted by atomic mass is 32.2. The van der Waals surface area contributed by atoms with Gasteiger partial charge in [-0.3, -0.25) is 0 Å². The van der Waals surface area contributed by atoms with Crippen molar-refractivity contribution >= 4 is 29.5 Å². The van der Waals surface area contributed by atoms with E-state index in [0.717, 1.165) is 33.1 Å². The molecule has 0 unspecified atom stereocenters. The van der Waals surface area contributed by atoms with Crippen LogP contribution >= 0.6 is 23.5 Å². The van der Waals surface area contributed by atoms with E-state index in [1.54, 1.807) is 35.7 Å². The number of rotatable bonds is 9. The maximum atomic E-state index is 11.6. The van der Waals surface area contributed by atoms with Crippen LogP contribution in [0, 0.1) is 13.8 Å². The predicted molar refractivity (Wildman–Crippen MR) is 119 cm³/mol. The van der Waals surface area contributed by atoms with Crippen molar-refractivity contribution in [3.8, 4) is 0 Å². The van der Waals surface area contributed by atoms with Crippen LogP contribution in [0.4, 0.5) is 0 Å². The minimum absolute atomic E-state index is 0.338. The number of nitrogens with zero attached hydrogens (tertiary/aromatic N) is 5. The van der Waals surface area contributed by atoms with Crippen molar-refractivity contribution in [2.45, 2.75) is 42.2 Å². The molecule has 0 radical (unpaired) electrons. The Morgan fingerprint density at radius 1 is 1.10 bits per heavy atom. The second-order valence-corrected chi connectivity index (χ2v) is 8.38. The molecule has 0 atom stereocenters. The van der Waals surface area contributed by atoms with Gasteiger partial charge in [-0.05, 0) is 37.6 Å². The fraction of sp³-hybridized carbons (Fsp3) is 0.286. The van der Waals surface area contributed by atoms with Gasteiger partial charge in [0.05, 0.1) is 18.4 Å². The monoisotopic (exact) mass is 441 g/mol. The van der Waals surface area contributed by atoms with E-state index in [1.165, 1.54) is 7.11 Å². The summed E-state index contributed by atoms with van der Waals surface area (Å²) in [7, 11) is 1.38. The normalized spacial score (nSPS) is 10.8. The molecule has 0 aliphatic heterocycles. The first kappa shape index (κ1) is 22.0. The van der Waals surface area contributed by atoms with Crippen LogP contribution in [-0.2, 0) is 22.8 Å². The van der Waals surface area contributed by atoms with E-state index in [9.17, 15) is 4.79 Å². The molecule has 0 amide bonds. The van der Waals surface area contributed by atoms with Gasteiger partial charge < -0.3 is 9.30 Å². The second-order valence-electron chi connectivity index (χ2n) is 6.50. The number of hydrogen-bond acceptors (Lipinski definition) is 8. The molecular weight excluding hydrogens is 418 g/mol. The Bertz CT molecular complexity index is 1010. The van der Waals surface area contributed by atoms with Crippen molar-refractivity contribution in [2.75, 3.05) is 7.11 Å². The maximum Gasteiger partial charge on any atom is 0.337 e. The molecule has 2 heterocycles. The summed E-state index contributed by atoms with van der Waals surface area (Å²) in [5.74, 6) is 1.85. The standard InChI is InChI=1S/C21H23N5O2S2/c1-5-10-26-18(13-29-20-22-14(2)11-15(3)23-20)24-25-21(26)30-12-16-6-8-17(9-7-16)19(27)28-4/h5-9,11H,1,10,12-13H2,2-4H3. The van der Waals surface area contributed by atoms with Crippen molar-refractivity contribution in [3.63, 3.8) is 0 Å². The third-order valence-corrected chi connectivity index (χ3v) is 6.02. The summed E-state index contributed by atoms with van der Waals surface area (Å²) >= 11 is 3.14. The zero-order chi connectivity index (χ0) is 21.5. The van der Waals surface area contributed by atoms with Crippen molar-refractivity contribution in [1.29, 1.82) is 0 Å². The predicted octanol–water partition coefficient (Wildman–Crippen LogP) is 4.24. The molecule has 0 fully saturated rings. The van der Waals surface area contributed by atoms with Gasteiger partial charge in [-0.15, -0.1) is 16.8 Å². The van der Waals surface area contributed by atoms with Crippen LogP contribution in [0.5, 0.6) is 0 Å². The molecule has 0 bridgehead atoms. The summed E-state index contributed by atoms with van der Waals surface area (Å²) in [5.41, 5.74) is 3.52. The molecule has 0 spiro atoms. The Labute approximate surface area is 184 Å². The number of aromatic nitrogens is 5. The van der Waals surface area contributed by atoms with E-state index >= 15 is 0 Å². The highest BCUT2D eigenvalue weighted by Crippen LogP contribution is 2.25. The lowest BCUT2D eigenvalue weighted by Gasteiger charge is -2.08. The Morgan fingerprint density at radius 3 is 2.43 bits per heavy atom. The molecule has 0 N–H and O–H groups in total. The molecule has 1 aromatic carbocycles. The van der Waals surface area contributed by atoms with Gasteiger partial charge in [-0.25, -0.2) is 14.8 Å². The van der Waals surface area contributed by atoms with Gasteiger partial charge in [-0.1, -0.05) is 41.7 Å². The SMILES string of the molecule is C=CCn1c(CSc2nc(C)cc(C)n2)nnc1SCc1ccc(C(=O)OC)cc1. The average Bonchev–Trinajstić information content (AvgIpc) is 3.12. The molecule has 2 aromatic heterocycles. The number of ether oxygens (including phenoxy) is 1. The Kier molecular flexibility index (Phi) is 7.64. The molecule has 3 rings (SSSR count). The third-order valence-electron chi connectivity index (χ3n) is 4.14. The number of thioether (sulfide) groups is 2. The fourth-order valence-electron chi connectivity index (χ4n) is 2.74. The molecular formula is C21H23N5O2S2. The van der Waals surface area contributed by atoms with Gasteiger partial charge in [0.1, 0.15) is 5.82 Å². The van der Waals surface area contributed by atoms with Gasteiger partial charge in [0, 0.05) is 23.7 Å². The smallest absolute Gasteiger partial charge is 0.337 e. The van der Waals surface area contributed by atoms with Crippen molar-refractivity contribution in [3.05, 3.63) is 71.3 Å². The number of methoxy groups -OCH3 is 1. The van der Waals surface area contributed by atoms with Crippen LogP contribution < -0.4 is 0 Å². The average molecular weight is 442 g/mol. The minimum Gasteiger partial charge on any atom is -0.465 e. The van der Waals surface area contributed by atoms with E-state index < -0.39 is 0 Å². The van der Waals surface area contributed by atoms with Gasteiger partial charge in [0.25, 0.3) is 0 Å². The Morgan fingerprint density at radius 2 is 1.80 bits per heavy atom. The van der Waals surface area contributed by atoms with Crippen LogP contribution in [0.3, 0.4) is 0 Å². The first-order chi connectivity index (χ1) is 14.5. The van der Waals surface area contributed by atoms with E-state index in [0.29, 0.717) is 23.6 Å². The van der Waals surface area contributed by atoms with Crippen molar-refractivity contribution < 1.29 is 9.53 Å². The van der Waals surface area contributed by atoms with Crippen molar-refractivity contribution in [1.82, 2.24) is 24.7 Å². The van der Waals surface area contributed by atoms with E-state index in [-0.39, 0.29) is 5.97 Å². The zero-order valence-corrected chi connectivity index (χ0v) is 18.8. The second kappa shape index (κ2) is 10.4. The number of carbonyl (C=O) groups excluding carboxylic acids is 1. The minimum atomic E-state index is -0.338. The van der Waals surface area contributed by atoms with E-state index in [2.05, 4.69) is 31.3 Å². The lowest BCUT2D eigenvalue weighted by Crippen LogP contribution is -2.04. The number of carbonyl (C=O) groups is 1. The van der Waals surface area contributed by atoms with Crippen LogP contribution in [0.25, 0.3) is 0 Å². The molecule has 0 saturated carbocycles. The molecule has 0 aliphatic carbocycles. The zero-order valence-electron chi connectivity index (χ0n) is 17.2. The molecule has 156 valence electrons. The maximum absolute atomic E-state index is 11.6. The van der Waals surface area contributed by atoms with Crippen molar-refractivity contribution in [2.24, 2.45) is 0 Å². The summed E-state index contributed by atoms with van der Waals surface area (Å²) in [6.45, 7) is 8.40. The quantitative estimate of drug-likeness (QED) is 0.211. The van der Waals surface area contributed by atoms with E-state index in [1.807, 2.05) is 38.1 Å². The summed E-state index contributed by atoms with van der Waals surface area (Å²) < 4.78 is 6.78. The van der Waals surface area contributed by atoms with Crippen LogP contribution in [0.2, 0.25) is 0 Å². The number of benzene rings is 1. The van der Waals surface area contributed by atoms with Crippen LogP contribution in [0.15, 0.2) is 53.3 Å². The van der Waals surface area contributed by atoms with E-state index in [4.69, 9.17) is 4.74 Å². The van der Waals surface area contributed by atoms with Gasteiger partial charge in [0.15, 0.2) is 10.3 Å². The summed E-state index contributed by atoms with van der Waals surface area (Å²) in [6.07, 6.45) is 1.83. The van der Waals surface area contributed by atoms with Gasteiger partial charge in [-0.2, -0.15) is 0 Å². The number of aryl methyl sites for hydroxylation is 2. The molecule has 0 aliphatic rings. The first-order valence-corrected chi connectivity index (χ1v) is 11.3. The fourth-order valence-corrected chi connectivity index (χ4v) is 4.55. The molecule has 0 saturated heterocycles. The highest BCUT2D eigenvalue weighted by Gasteiger charge is 2.14. The number of esters is 1. The Balaban J connectivity index is 1.67. The lowest BCUT2D eigenvalue weighted by molar-refractivity contribution is 0.0600. The summed E-state index contributed by atoms with van der Waals surface area (Å²) in [5, 5.41) is 10.3.